The molecule has 2 aromatic rings. The van der Waals surface area contributed by atoms with Crippen molar-refractivity contribution in [3.63, 3.8) is 0 Å². The number of fused-ring (bicyclic) bond motifs is 1. The van der Waals surface area contributed by atoms with Gasteiger partial charge in [-0.3, -0.25) is 4.79 Å². The van der Waals surface area contributed by atoms with Crippen LogP contribution in [0, 0.1) is 0 Å². The number of rotatable bonds is 5. The number of carboxylic acids is 1. The third kappa shape index (κ3) is 5.71. The molecule has 21 heavy (non-hydrogen) atoms. The van der Waals surface area contributed by atoms with Crippen molar-refractivity contribution in [1.82, 2.24) is 0 Å². The van der Waals surface area contributed by atoms with Gasteiger partial charge in [0, 0.05) is 22.9 Å². The van der Waals surface area contributed by atoms with Gasteiger partial charge in [0.2, 0.25) is 0 Å². The van der Waals surface area contributed by atoms with Gasteiger partial charge < -0.3 is 21.7 Å². The van der Waals surface area contributed by atoms with E-state index < -0.39 is 5.97 Å². The van der Waals surface area contributed by atoms with E-state index in [0.29, 0.717) is 12.2 Å². The van der Waals surface area contributed by atoms with Crippen LogP contribution >= 0.6 is 0 Å². The second-order valence-electron chi connectivity index (χ2n) is 4.71. The highest BCUT2D eigenvalue weighted by atomic mass is 16.4. The quantitative estimate of drug-likeness (QED) is 0.500. The van der Waals surface area contributed by atoms with Crippen LogP contribution in [0.5, 0.6) is 5.75 Å². The Labute approximate surface area is 124 Å². The number of hydrogen-bond donors (Lipinski definition) is 4. The van der Waals surface area contributed by atoms with E-state index >= 15 is 0 Å². The zero-order valence-corrected chi connectivity index (χ0v) is 12.0. The van der Waals surface area contributed by atoms with E-state index in [9.17, 15) is 9.90 Å². The number of nitrogens with two attached hydrogens (primary N) is 2. The molecular formula is C16H22N2O3. The number of anilines is 1. The fourth-order valence-electron chi connectivity index (χ4n) is 1.92. The molecule has 0 saturated heterocycles. The first kappa shape index (κ1) is 16.8. The smallest absolute Gasteiger partial charge is 0.303 e. The minimum atomic E-state index is -0.716. The van der Waals surface area contributed by atoms with Crippen LogP contribution in [0.25, 0.3) is 10.8 Å². The number of unbranched alkanes of at least 4 members (excludes halogenated alkanes) is 2. The van der Waals surface area contributed by atoms with Crippen LogP contribution in [0.2, 0.25) is 0 Å². The lowest BCUT2D eigenvalue weighted by Crippen LogP contribution is -1.99. The fourth-order valence-corrected chi connectivity index (χ4v) is 1.92. The number of benzene rings is 2. The van der Waals surface area contributed by atoms with Crippen LogP contribution in [0.1, 0.15) is 25.7 Å². The molecule has 0 aliphatic carbocycles. The highest BCUT2D eigenvalue weighted by molar-refractivity contribution is 5.96. The summed E-state index contributed by atoms with van der Waals surface area (Å²) in [5.41, 5.74) is 11.6. The maximum absolute atomic E-state index is 9.93. The van der Waals surface area contributed by atoms with Crippen molar-refractivity contribution < 1.29 is 15.0 Å². The number of carboxylic acid groups (broad SMARTS) is 1. The second-order valence-corrected chi connectivity index (χ2v) is 4.71. The zero-order chi connectivity index (χ0) is 15.7. The summed E-state index contributed by atoms with van der Waals surface area (Å²) in [5, 5.41) is 19.3. The monoisotopic (exact) mass is 290 g/mol. The van der Waals surface area contributed by atoms with Gasteiger partial charge in [0.15, 0.2) is 0 Å². The summed E-state index contributed by atoms with van der Waals surface area (Å²) in [5.74, 6) is -0.438. The Hall–Kier alpha value is -2.27. The van der Waals surface area contributed by atoms with Gasteiger partial charge in [-0.15, -0.1) is 0 Å². The Bertz CT molecular complexity index is 543. The van der Waals surface area contributed by atoms with Gasteiger partial charge in [-0.2, -0.15) is 0 Å². The maximum Gasteiger partial charge on any atom is 0.303 e. The Morgan fingerprint density at radius 3 is 2.29 bits per heavy atom. The van der Waals surface area contributed by atoms with E-state index in [1.807, 2.05) is 24.3 Å². The first-order chi connectivity index (χ1) is 10.1. The molecule has 0 atom stereocenters. The Morgan fingerprint density at radius 2 is 1.67 bits per heavy atom. The summed E-state index contributed by atoms with van der Waals surface area (Å²) >= 11 is 0. The standard InChI is InChI=1S/C10H9NO.C6H13NO2/c11-9-5-1-4-8-7(9)3-2-6-10(8)12;7-5-3-1-2-4-6(8)9/h1-6,12H,11H2;1-5,7H2,(H,8,9). The maximum atomic E-state index is 9.93. The topological polar surface area (TPSA) is 110 Å². The Kier molecular flexibility index (Phi) is 7.04. The Morgan fingerprint density at radius 1 is 1.00 bits per heavy atom. The van der Waals surface area contributed by atoms with Gasteiger partial charge in [-0.05, 0) is 31.5 Å². The predicted octanol–water partition coefficient (Wildman–Crippen LogP) is 2.72. The largest absolute Gasteiger partial charge is 0.507 e. The van der Waals surface area contributed by atoms with Gasteiger partial charge in [0.25, 0.3) is 0 Å². The second kappa shape index (κ2) is 8.81. The third-order valence-electron chi connectivity index (χ3n) is 3.03. The molecule has 0 aliphatic heterocycles. The van der Waals surface area contributed by atoms with Gasteiger partial charge in [-0.1, -0.05) is 30.7 Å². The number of carbonyl (C=O) groups is 1. The summed E-state index contributed by atoms with van der Waals surface area (Å²) in [7, 11) is 0. The van der Waals surface area contributed by atoms with E-state index in [2.05, 4.69) is 0 Å². The van der Waals surface area contributed by atoms with E-state index in [1.54, 1.807) is 12.1 Å². The fraction of sp³-hybridized carbons (Fsp3) is 0.312. The zero-order valence-electron chi connectivity index (χ0n) is 12.0. The normalized spacial score (nSPS) is 9.95. The van der Waals surface area contributed by atoms with Crippen molar-refractivity contribution in [2.75, 3.05) is 12.3 Å². The molecule has 0 fully saturated rings. The number of phenols is 1. The van der Waals surface area contributed by atoms with Crippen molar-refractivity contribution in [1.29, 1.82) is 0 Å². The number of nitrogen functional groups attached to an aromatic ring is 1. The SMILES string of the molecule is NCCCCCC(=O)O.Nc1cccc2c(O)cccc12. The highest BCUT2D eigenvalue weighted by Crippen LogP contribution is 2.27. The van der Waals surface area contributed by atoms with Gasteiger partial charge >= 0.3 is 5.97 Å². The lowest BCUT2D eigenvalue weighted by molar-refractivity contribution is -0.137. The van der Waals surface area contributed by atoms with Crippen LogP contribution in [-0.4, -0.2) is 22.7 Å². The van der Waals surface area contributed by atoms with Crippen LogP contribution in [0.15, 0.2) is 36.4 Å². The summed E-state index contributed by atoms with van der Waals surface area (Å²) in [4.78, 5) is 9.93. The van der Waals surface area contributed by atoms with Gasteiger partial charge in [-0.25, -0.2) is 0 Å². The van der Waals surface area contributed by atoms with Crippen molar-refractivity contribution in [2.45, 2.75) is 25.7 Å². The van der Waals surface area contributed by atoms with E-state index in [0.717, 1.165) is 30.0 Å². The number of phenolic OH excluding ortho intramolecular Hbond substituents is 1. The van der Waals surface area contributed by atoms with Gasteiger partial charge in [0.05, 0.1) is 0 Å². The van der Waals surface area contributed by atoms with Crippen molar-refractivity contribution in [3.05, 3.63) is 36.4 Å². The van der Waals surface area contributed by atoms with Crippen LogP contribution < -0.4 is 11.5 Å². The van der Waals surface area contributed by atoms with E-state index in [1.165, 1.54) is 0 Å². The van der Waals surface area contributed by atoms with Gasteiger partial charge in [0.1, 0.15) is 5.75 Å². The number of aromatic hydroxyl groups is 1. The first-order valence-corrected chi connectivity index (χ1v) is 6.94. The molecule has 0 aromatic heterocycles. The third-order valence-corrected chi connectivity index (χ3v) is 3.03. The van der Waals surface area contributed by atoms with E-state index in [-0.39, 0.29) is 12.2 Å². The van der Waals surface area contributed by atoms with E-state index in [4.69, 9.17) is 16.6 Å². The summed E-state index contributed by atoms with van der Waals surface area (Å²) in [6, 6.07) is 10.8. The molecule has 0 radical (unpaired) electrons. The minimum Gasteiger partial charge on any atom is -0.507 e. The molecule has 5 nitrogen and oxygen atoms in total. The molecule has 0 bridgehead atoms. The first-order valence-electron chi connectivity index (χ1n) is 6.94. The molecule has 2 rings (SSSR count). The number of aliphatic carboxylic acids is 1. The van der Waals surface area contributed by atoms with Crippen molar-refractivity contribution in [3.8, 4) is 5.75 Å². The average Bonchev–Trinajstić information content (AvgIpc) is 2.46. The minimum absolute atomic E-state index is 0.278. The van der Waals surface area contributed by atoms with Crippen LogP contribution in [-0.2, 0) is 4.79 Å². The molecule has 114 valence electrons. The molecule has 0 aliphatic rings. The summed E-state index contributed by atoms with van der Waals surface area (Å²) in [6.45, 7) is 0.666. The molecular weight excluding hydrogens is 268 g/mol. The Balaban J connectivity index is 0.000000222. The predicted molar refractivity (Wildman–Crippen MR) is 85.2 cm³/mol. The van der Waals surface area contributed by atoms with Crippen molar-refractivity contribution in [2.24, 2.45) is 5.73 Å². The molecule has 5 heteroatoms. The molecule has 0 amide bonds. The summed E-state index contributed by atoms with van der Waals surface area (Å²) < 4.78 is 0. The lowest BCUT2D eigenvalue weighted by Gasteiger charge is -2.02. The number of hydrogen-bond acceptors (Lipinski definition) is 4. The van der Waals surface area contributed by atoms with Crippen LogP contribution in [0.3, 0.4) is 0 Å². The average molecular weight is 290 g/mol. The molecule has 2 aromatic carbocycles. The highest BCUT2D eigenvalue weighted by Gasteiger charge is 1.99. The molecule has 0 spiro atoms. The molecule has 6 N–H and O–H groups in total. The molecule has 0 saturated carbocycles. The lowest BCUT2D eigenvalue weighted by atomic mass is 10.1. The van der Waals surface area contributed by atoms with Crippen molar-refractivity contribution >= 4 is 22.4 Å². The molecule has 0 unspecified atom stereocenters. The summed E-state index contributed by atoms with van der Waals surface area (Å²) in [6.07, 6.45) is 2.91. The molecule has 0 heterocycles. The van der Waals surface area contributed by atoms with Crippen LogP contribution in [0.4, 0.5) is 5.69 Å².